The summed E-state index contributed by atoms with van der Waals surface area (Å²) in [5, 5.41) is 2.82. The Morgan fingerprint density at radius 2 is 1.64 bits per heavy atom. The lowest BCUT2D eigenvalue weighted by Gasteiger charge is -2.40. The van der Waals surface area contributed by atoms with Gasteiger partial charge in [0.05, 0.1) is 18.8 Å². The summed E-state index contributed by atoms with van der Waals surface area (Å²) in [4.78, 5) is 13.5. The fraction of sp³-hybridized carbons (Fsp3) is 0.923. The van der Waals surface area contributed by atoms with Gasteiger partial charge >= 0.3 is 0 Å². The van der Waals surface area contributed by atoms with Crippen molar-refractivity contribution in [3.63, 3.8) is 0 Å². The predicted molar refractivity (Wildman–Crippen MR) is 82.6 cm³/mol. The highest BCUT2D eigenvalue weighted by atomic mass is 32.2. The van der Waals surface area contributed by atoms with Crippen LogP contribution in [-0.4, -0.2) is 92.9 Å². The molecule has 2 heterocycles. The van der Waals surface area contributed by atoms with Gasteiger partial charge in [-0.3, -0.25) is 4.79 Å². The van der Waals surface area contributed by atoms with E-state index in [1.54, 1.807) is 11.9 Å². The van der Waals surface area contributed by atoms with Crippen molar-refractivity contribution in [2.24, 2.45) is 0 Å². The van der Waals surface area contributed by atoms with Crippen molar-refractivity contribution in [3.8, 4) is 0 Å². The van der Waals surface area contributed by atoms with Crippen LogP contribution in [-0.2, 0) is 19.7 Å². The number of amides is 1. The lowest BCUT2D eigenvalue weighted by Crippen LogP contribution is -2.58. The fourth-order valence-corrected chi connectivity index (χ4v) is 4.66. The van der Waals surface area contributed by atoms with Gasteiger partial charge in [-0.1, -0.05) is 0 Å². The molecule has 0 saturated carbocycles. The first kappa shape index (κ1) is 17.6. The van der Waals surface area contributed by atoms with Crippen LogP contribution >= 0.6 is 0 Å². The maximum atomic E-state index is 12.7. The summed E-state index contributed by atoms with van der Waals surface area (Å²) in [5.41, 5.74) is 0. The van der Waals surface area contributed by atoms with E-state index < -0.39 is 10.2 Å². The normalized spacial score (nSPS) is 28.8. The average Bonchev–Trinajstić information content (AvgIpc) is 2.46. The molecule has 0 bridgehead atoms. The van der Waals surface area contributed by atoms with E-state index in [4.69, 9.17) is 4.74 Å². The van der Waals surface area contributed by atoms with Crippen LogP contribution in [0.2, 0.25) is 0 Å². The second-order valence-electron chi connectivity index (χ2n) is 5.89. The molecule has 2 saturated heterocycles. The number of ether oxygens (including phenoxy) is 1. The molecular formula is C13H26N4O4S. The van der Waals surface area contributed by atoms with Crippen LogP contribution in [0.25, 0.3) is 0 Å². The van der Waals surface area contributed by atoms with E-state index in [-0.39, 0.29) is 24.7 Å². The zero-order chi connectivity index (χ0) is 16.3. The molecule has 8 nitrogen and oxygen atoms in total. The second-order valence-corrected chi connectivity index (χ2v) is 7.82. The minimum absolute atomic E-state index is 0.00756. The maximum Gasteiger partial charge on any atom is 0.282 e. The molecule has 22 heavy (non-hydrogen) atoms. The molecule has 0 spiro atoms. The Morgan fingerprint density at radius 3 is 2.14 bits per heavy atom. The molecule has 2 fully saturated rings. The number of nitrogens with one attached hydrogen (secondary N) is 1. The lowest BCUT2D eigenvalue weighted by molar-refractivity contribution is -0.131. The number of morpholine rings is 1. The monoisotopic (exact) mass is 334 g/mol. The maximum absolute atomic E-state index is 12.7. The van der Waals surface area contributed by atoms with Gasteiger partial charge in [-0.25, -0.2) is 0 Å². The number of piperazine rings is 1. The number of nitrogens with zero attached hydrogens (tertiary/aromatic N) is 3. The van der Waals surface area contributed by atoms with Crippen molar-refractivity contribution in [2.75, 3.05) is 52.9 Å². The van der Waals surface area contributed by atoms with Crippen molar-refractivity contribution >= 4 is 16.1 Å². The van der Waals surface area contributed by atoms with E-state index in [1.165, 1.54) is 8.61 Å². The molecule has 2 aliphatic heterocycles. The smallest absolute Gasteiger partial charge is 0.282 e. The molecular weight excluding hydrogens is 308 g/mol. The van der Waals surface area contributed by atoms with Gasteiger partial charge < -0.3 is 15.0 Å². The Balaban J connectivity index is 1.96. The lowest BCUT2D eigenvalue weighted by atomic mass is 10.3. The van der Waals surface area contributed by atoms with Crippen LogP contribution in [0.15, 0.2) is 0 Å². The Morgan fingerprint density at radius 1 is 1.09 bits per heavy atom. The predicted octanol–water partition coefficient (Wildman–Crippen LogP) is -1.30. The number of hydrogen-bond donors (Lipinski definition) is 1. The Hall–Kier alpha value is -0.740. The molecule has 2 aliphatic rings. The largest absolute Gasteiger partial charge is 0.373 e. The fourth-order valence-electron chi connectivity index (χ4n) is 2.91. The molecule has 0 aromatic carbocycles. The Labute approximate surface area is 132 Å². The third-order valence-corrected chi connectivity index (χ3v) is 5.93. The second kappa shape index (κ2) is 7.22. The molecule has 1 amide bonds. The molecule has 0 radical (unpaired) electrons. The van der Waals surface area contributed by atoms with E-state index in [0.29, 0.717) is 39.3 Å². The van der Waals surface area contributed by atoms with Crippen molar-refractivity contribution in [1.29, 1.82) is 0 Å². The molecule has 0 aromatic heterocycles. The standard InChI is InChI=1S/C13H26N4O4S/c1-11-9-17(10-12(2)21-11)22(19,20)16-6-4-15(5-7-16)13(18)8-14-3/h11-12,14H,4-10H2,1-3H3. The van der Waals surface area contributed by atoms with E-state index in [1.807, 2.05) is 13.8 Å². The summed E-state index contributed by atoms with van der Waals surface area (Å²) in [6.07, 6.45) is -0.200. The first-order valence-corrected chi connectivity index (χ1v) is 9.07. The molecule has 0 aliphatic carbocycles. The van der Waals surface area contributed by atoms with Gasteiger partial charge in [0.15, 0.2) is 0 Å². The highest BCUT2D eigenvalue weighted by molar-refractivity contribution is 7.86. The van der Waals surface area contributed by atoms with Crippen LogP contribution < -0.4 is 5.32 Å². The van der Waals surface area contributed by atoms with Crippen molar-refractivity contribution in [2.45, 2.75) is 26.1 Å². The molecule has 2 atom stereocenters. The zero-order valence-electron chi connectivity index (χ0n) is 13.5. The van der Waals surface area contributed by atoms with Crippen molar-refractivity contribution in [1.82, 2.24) is 18.8 Å². The molecule has 9 heteroatoms. The van der Waals surface area contributed by atoms with Gasteiger partial charge in [0, 0.05) is 39.3 Å². The summed E-state index contributed by atoms with van der Waals surface area (Å²) in [6, 6.07) is 0. The van der Waals surface area contributed by atoms with Crippen LogP contribution in [0.4, 0.5) is 0 Å². The minimum Gasteiger partial charge on any atom is -0.373 e. The topological polar surface area (TPSA) is 82.2 Å². The molecule has 2 unspecified atom stereocenters. The number of likely N-dealkylation sites (N-methyl/N-ethyl adjacent to an activating group) is 1. The van der Waals surface area contributed by atoms with E-state index in [2.05, 4.69) is 5.32 Å². The van der Waals surface area contributed by atoms with Gasteiger partial charge in [-0.2, -0.15) is 17.0 Å². The molecule has 1 N–H and O–H groups in total. The zero-order valence-corrected chi connectivity index (χ0v) is 14.3. The van der Waals surface area contributed by atoms with Gasteiger partial charge in [0.2, 0.25) is 5.91 Å². The molecule has 2 rings (SSSR count). The Bertz CT molecular complexity index is 480. The number of carbonyl (C=O) groups excluding carboxylic acids is 1. The number of hydrogen-bond acceptors (Lipinski definition) is 5. The van der Waals surface area contributed by atoms with E-state index >= 15 is 0 Å². The third kappa shape index (κ3) is 3.96. The number of rotatable bonds is 4. The van der Waals surface area contributed by atoms with Crippen molar-refractivity contribution < 1.29 is 17.9 Å². The summed E-state index contributed by atoms with van der Waals surface area (Å²) >= 11 is 0. The summed E-state index contributed by atoms with van der Waals surface area (Å²) in [6.45, 7) is 6.38. The molecule has 0 aromatic rings. The van der Waals surface area contributed by atoms with Gasteiger partial charge in [0.25, 0.3) is 10.2 Å². The summed E-state index contributed by atoms with van der Waals surface area (Å²) in [7, 11) is -1.76. The quantitative estimate of drug-likeness (QED) is 0.691. The summed E-state index contributed by atoms with van der Waals surface area (Å²) in [5.74, 6) is 0.00756. The van der Waals surface area contributed by atoms with Gasteiger partial charge in [-0.15, -0.1) is 0 Å². The summed E-state index contributed by atoms with van der Waals surface area (Å²) < 4.78 is 34.0. The van der Waals surface area contributed by atoms with Crippen LogP contribution in [0.3, 0.4) is 0 Å². The van der Waals surface area contributed by atoms with E-state index in [0.717, 1.165) is 0 Å². The first-order valence-electron chi connectivity index (χ1n) is 7.67. The molecule has 128 valence electrons. The van der Waals surface area contributed by atoms with Gasteiger partial charge in [0.1, 0.15) is 0 Å². The average molecular weight is 334 g/mol. The van der Waals surface area contributed by atoms with Crippen LogP contribution in [0, 0.1) is 0 Å². The third-order valence-electron chi connectivity index (χ3n) is 3.96. The highest BCUT2D eigenvalue weighted by Crippen LogP contribution is 2.18. The van der Waals surface area contributed by atoms with E-state index in [9.17, 15) is 13.2 Å². The van der Waals surface area contributed by atoms with Crippen LogP contribution in [0.1, 0.15) is 13.8 Å². The SMILES string of the molecule is CNCC(=O)N1CCN(S(=O)(=O)N2CC(C)OC(C)C2)CC1. The van der Waals surface area contributed by atoms with Crippen molar-refractivity contribution in [3.05, 3.63) is 0 Å². The number of carbonyl (C=O) groups is 1. The van der Waals surface area contributed by atoms with Crippen LogP contribution in [0.5, 0.6) is 0 Å². The van der Waals surface area contributed by atoms with Gasteiger partial charge in [-0.05, 0) is 20.9 Å². The first-order chi connectivity index (χ1) is 10.3. The minimum atomic E-state index is -3.48. The Kier molecular flexibility index (Phi) is 5.78. The highest BCUT2D eigenvalue weighted by Gasteiger charge is 2.37.